The highest BCUT2D eigenvalue weighted by Gasteiger charge is 2.12. The summed E-state index contributed by atoms with van der Waals surface area (Å²) >= 11 is 0. The Labute approximate surface area is 145 Å². The lowest BCUT2D eigenvalue weighted by molar-refractivity contribution is 0.577. The molecule has 1 N–H and O–H groups in total. The quantitative estimate of drug-likeness (QED) is 0.538. The summed E-state index contributed by atoms with van der Waals surface area (Å²) in [4.78, 5) is 9.30. The first-order chi connectivity index (χ1) is 12.3. The van der Waals surface area contributed by atoms with Gasteiger partial charge in [-0.1, -0.05) is 24.1 Å². The average molecular weight is 325 g/mol. The van der Waals surface area contributed by atoms with E-state index < -0.39 is 0 Å². The van der Waals surface area contributed by atoms with Crippen molar-refractivity contribution >= 4 is 22.4 Å². The molecule has 0 atom stereocenters. The molecule has 0 bridgehead atoms. The summed E-state index contributed by atoms with van der Waals surface area (Å²) < 4.78 is 5.46. The Bertz CT molecular complexity index is 1070. The van der Waals surface area contributed by atoms with Gasteiger partial charge in [-0.15, -0.1) is 5.92 Å². The SMILES string of the molecule is CC#Cc1ccc2nc(-c3ccco3)nc(Nc3ccccc3)c2c1. The number of anilines is 2. The van der Waals surface area contributed by atoms with Crippen molar-refractivity contribution in [3.63, 3.8) is 0 Å². The van der Waals surface area contributed by atoms with Gasteiger partial charge in [-0.3, -0.25) is 0 Å². The van der Waals surface area contributed by atoms with Crippen molar-refractivity contribution in [2.75, 3.05) is 5.32 Å². The molecule has 4 nitrogen and oxygen atoms in total. The number of rotatable bonds is 3. The monoisotopic (exact) mass is 325 g/mol. The fourth-order valence-electron chi connectivity index (χ4n) is 2.62. The number of nitrogens with zero attached hydrogens (tertiary/aromatic N) is 2. The molecule has 25 heavy (non-hydrogen) atoms. The number of para-hydroxylation sites is 1. The van der Waals surface area contributed by atoms with Gasteiger partial charge in [0.2, 0.25) is 0 Å². The van der Waals surface area contributed by atoms with Crippen LogP contribution in [0, 0.1) is 11.8 Å². The second-order valence-electron chi connectivity index (χ2n) is 5.47. The van der Waals surface area contributed by atoms with Crippen LogP contribution in [0.25, 0.3) is 22.5 Å². The summed E-state index contributed by atoms with van der Waals surface area (Å²) in [7, 11) is 0. The molecule has 0 radical (unpaired) electrons. The number of benzene rings is 2. The van der Waals surface area contributed by atoms with Gasteiger partial charge >= 0.3 is 0 Å². The van der Waals surface area contributed by atoms with Crippen LogP contribution in [0.2, 0.25) is 0 Å². The smallest absolute Gasteiger partial charge is 0.198 e. The van der Waals surface area contributed by atoms with Crippen molar-refractivity contribution in [1.82, 2.24) is 9.97 Å². The van der Waals surface area contributed by atoms with Crippen molar-refractivity contribution < 1.29 is 4.42 Å². The minimum absolute atomic E-state index is 0.547. The van der Waals surface area contributed by atoms with Gasteiger partial charge in [0.1, 0.15) is 5.82 Å². The van der Waals surface area contributed by atoms with Gasteiger partial charge in [0.15, 0.2) is 11.6 Å². The van der Waals surface area contributed by atoms with Crippen LogP contribution >= 0.6 is 0 Å². The third-order valence-corrected chi connectivity index (χ3v) is 3.74. The maximum Gasteiger partial charge on any atom is 0.198 e. The normalized spacial score (nSPS) is 10.3. The first-order valence-electron chi connectivity index (χ1n) is 7.94. The number of hydrogen-bond donors (Lipinski definition) is 1. The molecular formula is C21H15N3O. The van der Waals surface area contributed by atoms with Crippen molar-refractivity contribution in [3.05, 3.63) is 72.5 Å². The first-order valence-corrected chi connectivity index (χ1v) is 7.94. The standard InChI is InChI=1S/C21H15N3O/c1-2-7-15-11-12-18-17(14-15)20(22-16-8-4-3-5-9-16)24-21(23-18)19-10-6-13-25-19/h3-6,8-14H,1H3,(H,22,23,24). The fourth-order valence-corrected chi connectivity index (χ4v) is 2.62. The Kier molecular flexibility index (Phi) is 3.89. The Morgan fingerprint density at radius 1 is 0.960 bits per heavy atom. The van der Waals surface area contributed by atoms with Gasteiger partial charge in [-0.05, 0) is 49.4 Å². The lowest BCUT2D eigenvalue weighted by Crippen LogP contribution is -1.99. The summed E-state index contributed by atoms with van der Waals surface area (Å²) in [6.07, 6.45) is 1.62. The van der Waals surface area contributed by atoms with Gasteiger partial charge in [0.25, 0.3) is 0 Å². The minimum atomic E-state index is 0.547. The van der Waals surface area contributed by atoms with Crippen LogP contribution in [-0.4, -0.2) is 9.97 Å². The Morgan fingerprint density at radius 2 is 1.84 bits per heavy atom. The van der Waals surface area contributed by atoms with E-state index in [1.165, 1.54) is 0 Å². The zero-order valence-electron chi connectivity index (χ0n) is 13.7. The van der Waals surface area contributed by atoms with Crippen LogP contribution in [0.3, 0.4) is 0 Å². The lowest BCUT2D eigenvalue weighted by Gasteiger charge is -2.10. The molecule has 0 aliphatic carbocycles. The van der Waals surface area contributed by atoms with Gasteiger partial charge in [0, 0.05) is 16.6 Å². The van der Waals surface area contributed by atoms with Crippen molar-refractivity contribution in [2.45, 2.75) is 6.92 Å². The van der Waals surface area contributed by atoms with E-state index in [4.69, 9.17) is 4.42 Å². The molecule has 4 rings (SSSR count). The predicted molar refractivity (Wildman–Crippen MR) is 99.5 cm³/mol. The van der Waals surface area contributed by atoms with Crippen molar-refractivity contribution in [1.29, 1.82) is 0 Å². The molecule has 0 unspecified atom stereocenters. The molecule has 0 spiro atoms. The largest absolute Gasteiger partial charge is 0.461 e. The van der Waals surface area contributed by atoms with Crippen LogP contribution < -0.4 is 5.32 Å². The summed E-state index contributed by atoms with van der Waals surface area (Å²) in [5, 5.41) is 4.29. The highest BCUT2D eigenvalue weighted by Crippen LogP contribution is 2.28. The molecule has 2 aromatic heterocycles. The number of fused-ring (bicyclic) bond motifs is 1. The van der Waals surface area contributed by atoms with Crippen LogP contribution in [0.5, 0.6) is 0 Å². The van der Waals surface area contributed by atoms with Gasteiger partial charge in [-0.2, -0.15) is 0 Å². The van der Waals surface area contributed by atoms with E-state index in [1.54, 1.807) is 6.26 Å². The van der Waals surface area contributed by atoms with Crippen LogP contribution in [0.15, 0.2) is 71.3 Å². The van der Waals surface area contributed by atoms with Crippen molar-refractivity contribution in [2.24, 2.45) is 0 Å². The van der Waals surface area contributed by atoms with E-state index in [0.717, 1.165) is 28.0 Å². The maximum atomic E-state index is 5.46. The maximum absolute atomic E-state index is 5.46. The molecule has 0 saturated heterocycles. The number of aromatic nitrogens is 2. The van der Waals surface area contributed by atoms with Gasteiger partial charge < -0.3 is 9.73 Å². The zero-order chi connectivity index (χ0) is 17.1. The fraction of sp³-hybridized carbons (Fsp3) is 0.0476. The predicted octanol–water partition coefficient (Wildman–Crippen LogP) is 5.00. The molecule has 2 aromatic carbocycles. The van der Waals surface area contributed by atoms with E-state index in [-0.39, 0.29) is 0 Å². The number of hydrogen-bond acceptors (Lipinski definition) is 4. The average Bonchev–Trinajstić information content (AvgIpc) is 3.18. The number of nitrogens with one attached hydrogen (secondary N) is 1. The molecule has 0 saturated carbocycles. The molecule has 0 amide bonds. The minimum Gasteiger partial charge on any atom is -0.461 e. The summed E-state index contributed by atoms with van der Waals surface area (Å²) in [5.74, 6) is 7.91. The summed E-state index contributed by atoms with van der Waals surface area (Å²) in [6, 6.07) is 19.5. The second kappa shape index (κ2) is 6.50. The molecule has 2 heterocycles. The third kappa shape index (κ3) is 3.08. The highest BCUT2D eigenvalue weighted by atomic mass is 16.3. The molecule has 0 fully saturated rings. The van der Waals surface area contributed by atoms with Crippen molar-refractivity contribution in [3.8, 4) is 23.4 Å². The molecular weight excluding hydrogens is 310 g/mol. The van der Waals surface area contributed by atoms with Crippen LogP contribution in [-0.2, 0) is 0 Å². The van der Waals surface area contributed by atoms with Gasteiger partial charge in [-0.25, -0.2) is 9.97 Å². The molecule has 4 heteroatoms. The Balaban J connectivity index is 1.91. The molecule has 4 aromatic rings. The molecule has 0 aliphatic heterocycles. The van der Waals surface area contributed by atoms with E-state index >= 15 is 0 Å². The topological polar surface area (TPSA) is 51.0 Å². The summed E-state index contributed by atoms with van der Waals surface area (Å²) in [6.45, 7) is 1.82. The zero-order valence-corrected chi connectivity index (χ0v) is 13.7. The molecule has 0 aliphatic rings. The highest BCUT2D eigenvalue weighted by molar-refractivity contribution is 5.93. The first kappa shape index (κ1) is 15.0. The second-order valence-corrected chi connectivity index (χ2v) is 5.47. The molecule has 120 valence electrons. The number of furan rings is 1. The lowest BCUT2D eigenvalue weighted by atomic mass is 10.1. The van der Waals surface area contributed by atoms with Crippen LogP contribution in [0.4, 0.5) is 11.5 Å². The van der Waals surface area contributed by atoms with E-state index in [0.29, 0.717) is 11.6 Å². The van der Waals surface area contributed by atoms with Gasteiger partial charge in [0.05, 0.1) is 11.8 Å². The Hall–Kier alpha value is -3.58. The van der Waals surface area contributed by atoms with Crippen LogP contribution in [0.1, 0.15) is 12.5 Å². The van der Waals surface area contributed by atoms with E-state index in [9.17, 15) is 0 Å². The van der Waals surface area contributed by atoms with E-state index in [2.05, 4.69) is 27.1 Å². The third-order valence-electron chi connectivity index (χ3n) is 3.74. The Morgan fingerprint density at radius 3 is 2.60 bits per heavy atom. The van der Waals surface area contributed by atoms with E-state index in [1.807, 2.05) is 67.6 Å². The summed E-state index contributed by atoms with van der Waals surface area (Å²) in [5.41, 5.74) is 2.72.